The summed E-state index contributed by atoms with van der Waals surface area (Å²) in [7, 11) is 0. The third kappa shape index (κ3) is 3.87. The molecule has 2 saturated heterocycles. The Bertz CT molecular complexity index is 845. The lowest BCUT2D eigenvalue weighted by atomic mass is 9.62. The van der Waals surface area contributed by atoms with E-state index in [1.165, 1.54) is 9.13 Å². The lowest BCUT2D eigenvalue weighted by molar-refractivity contribution is -0.140. The average Bonchev–Trinajstić information content (AvgIpc) is 2.72. The number of carbonyl (C=O) groups is 2. The monoisotopic (exact) mass is 484 g/mol. The summed E-state index contributed by atoms with van der Waals surface area (Å²) in [5, 5.41) is 2.63. The smallest absolute Gasteiger partial charge is 0.237 e. The molecule has 4 nitrogen and oxygen atoms in total. The molecule has 5 heteroatoms. The van der Waals surface area contributed by atoms with E-state index < -0.39 is 5.41 Å². The fraction of sp³-hybridized carbons (Fsp3) is 0.391. The zero-order chi connectivity index (χ0) is 19.6. The Morgan fingerprint density at radius 3 is 2.32 bits per heavy atom. The van der Waals surface area contributed by atoms with E-state index in [0.717, 1.165) is 38.0 Å². The number of amides is 2. The van der Waals surface area contributed by atoms with Gasteiger partial charge in [-0.15, -0.1) is 0 Å². The number of piperidine rings is 2. The second-order valence-corrected chi connectivity index (χ2v) is 9.14. The van der Waals surface area contributed by atoms with Gasteiger partial charge >= 0.3 is 0 Å². The Kier molecular flexibility index (Phi) is 5.83. The van der Waals surface area contributed by atoms with Crippen LogP contribution >= 0.6 is 22.6 Å². The minimum Gasteiger partial charge on any atom is -0.299 e. The number of halogens is 1. The van der Waals surface area contributed by atoms with E-state index in [-0.39, 0.29) is 17.7 Å². The topological polar surface area (TPSA) is 49.4 Å². The van der Waals surface area contributed by atoms with Crippen LogP contribution in [-0.2, 0) is 21.5 Å². The van der Waals surface area contributed by atoms with Crippen molar-refractivity contribution in [2.75, 3.05) is 13.1 Å². The quantitative estimate of drug-likeness (QED) is 0.530. The van der Waals surface area contributed by atoms with E-state index in [9.17, 15) is 9.59 Å². The van der Waals surface area contributed by atoms with Gasteiger partial charge in [-0.05, 0) is 84.1 Å². The fourth-order valence-corrected chi connectivity index (χ4v) is 5.15. The first-order valence-electron chi connectivity index (χ1n) is 9.94. The molecule has 2 amide bonds. The number of imide groups is 1. The van der Waals surface area contributed by atoms with Crippen LogP contribution in [0.4, 0.5) is 0 Å². The lowest BCUT2D eigenvalue weighted by Crippen LogP contribution is -2.57. The van der Waals surface area contributed by atoms with Gasteiger partial charge in [-0.2, -0.15) is 0 Å². The van der Waals surface area contributed by atoms with Crippen molar-refractivity contribution in [1.29, 1.82) is 0 Å². The molecule has 0 spiro atoms. The Balaban J connectivity index is 1.51. The maximum absolute atomic E-state index is 13.1. The molecule has 1 N–H and O–H groups in total. The Hall–Kier alpha value is -1.73. The SMILES string of the molecule is O=C1CC[C@](c2ccccc2)(C2CCN(Cc3ccc([123I])cc3)CC2)C(=O)N1. The molecule has 0 bridgehead atoms. The molecule has 0 saturated carbocycles. The highest BCUT2D eigenvalue weighted by atomic mass is 123. The van der Waals surface area contributed by atoms with Crippen LogP contribution in [0.1, 0.15) is 36.8 Å². The summed E-state index contributed by atoms with van der Waals surface area (Å²) in [6, 6.07) is 18.7. The van der Waals surface area contributed by atoms with Crippen LogP contribution in [0.5, 0.6) is 0 Å². The summed E-state index contributed by atoms with van der Waals surface area (Å²) in [4.78, 5) is 27.4. The highest BCUT2D eigenvalue weighted by Crippen LogP contribution is 2.44. The molecule has 146 valence electrons. The van der Waals surface area contributed by atoms with Gasteiger partial charge in [-0.25, -0.2) is 0 Å². The largest absolute Gasteiger partial charge is 0.299 e. The van der Waals surface area contributed by atoms with Gasteiger partial charge in [-0.3, -0.25) is 19.8 Å². The number of nitrogens with zero attached hydrogens (tertiary/aromatic N) is 1. The lowest BCUT2D eigenvalue weighted by Gasteiger charge is -2.45. The maximum atomic E-state index is 13.1. The first kappa shape index (κ1) is 19.6. The first-order valence-corrected chi connectivity index (χ1v) is 11.0. The van der Waals surface area contributed by atoms with Gasteiger partial charge in [0.25, 0.3) is 0 Å². The number of carbonyl (C=O) groups excluding carboxylic acids is 2. The molecule has 2 aliphatic heterocycles. The second-order valence-electron chi connectivity index (χ2n) is 7.89. The van der Waals surface area contributed by atoms with E-state index in [1.54, 1.807) is 0 Å². The average molecular weight is 484 g/mol. The standard InChI is InChI=1S/C23H25IN2O2/c24-20-8-6-17(7-9-20)16-26-14-11-19(12-15-26)23(18-4-2-1-3-5-18)13-10-21(27)25-22(23)28/h1-9,19H,10-16H2,(H,25,27,28)/t23-/m0/s1/i24-4. The van der Waals surface area contributed by atoms with Crippen molar-refractivity contribution in [2.24, 2.45) is 5.92 Å². The molecule has 28 heavy (non-hydrogen) atoms. The maximum Gasteiger partial charge on any atom is 0.237 e. The molecule has 4 rings (SSSR count). The predicted molar refractivity (Wildman–Crippen MR) is 118 cm³/mol. The summed E-state index contributed by atoms with van der Waals surface area (Å²) in [6.45, 7) is 2.91. The number of nitrogens with one attached hydrogen (secondary N) is 1. The highest BCUT2D eigenvalue weighted by Gasteiger charge is 2.50. The first-order chi connectivity index (χ1) is 13.6. The van der Waals surface area contributed by atoms with Gasteiger partial charge in [0.05, 0.1) is 5.41 Å². The molecule has 2 fully saturated rings. The van der Waals surface area contributed by atoms with Gasteiger partial charge in [-0.1, -0.05) is 42.5 Å². The Morgan fingerprint density at radius 2 is 1.68 bits per heavy atom. The van der Waals surface area contributed by atoms with Gasteiger partial charge in [0, 0.05) is 16.5 Å². The molecular weight excluding hydrogens is 459 g/mol. The third-order valence-electron chi connectivity index (χ3n) is 6.30. The van der Waals surface area contributed by atoms with Crippen molar-refractivity contribution >= 4 is 34.4 Å². The minimum atomic E-state index is -0.579. The van der Waals surface area contributed by atoms with E-state index in [4.69, 9.17) is 0 Å². The summed E-state index contributed by atoms with van der Waals surface area (Å²) < 4.78 is 1.25. The van der Waals surface area contributed by atoms with Gasteiger partial charge < -0.3 is 0 Å². The summed E-state index contributed by atoms with van der Waals surface area (Å²) in [6.07, 6.45) is 2.98. The van der Waals surface area contributed by atoms with Crippen LogP contribution in [0.3, 0.4) is 0 Å². The number of rotatable bonds is 4. The number of hydrogen-bond acceptors (Lipinski definition) is 3. The molecule has 0 unspecified atom stereocenters. The van der Waals surface area contributed by atoms with E-state index >= 15 is 0 Å². The number of benzene rings is 2. The van der Waals surface area contributed by atoms with Crippen molar-refractivity contribution in [3.05, 3.63) is 69.3 Å². The molecule has 2 heterocycles. The van der Waals surface area contributed by atoms with Crippen LogP contribution in [0, 0.1) is 9.49 Å². The molecule has 0 aromatic heterocycles. The molecule has 1 atom stereocenters. The molecular formula is C23H25IN2O2. The van der Waals surface area contributed by atoms with E-state index in [2.05, 4.69) is 57.1 Å². The van der Waals surface area contributed by atoms with Crippen molar-refractivity contribution < 1.29 is 9.59 Å². The highest BCUT2D eigenvalue weighted by molar-refractivity contribution is 14.1. The van der Waals surface area contributed by atoms with Gasteiger partial charge in [0.15, 0.2) is 0 Å². The van der Waals surface area contributed by atoms with Crippen molar-refractivity contribution in [2.45, 2.75) is 37.6 Å². The van der Waals surface area contributed by atoms with Crippen molar-refractivity contribution in [3.63, 3.8) is 0 Å². The summed E-state index contributed by atoms with van der Waals surface area (Å²) in [5.74, 6) is 0.00899. The normalized spacial score (nSPS) is 24.2. The van der Waals surface area contributed by atoms with Crippen LogP contribution < -0.4 is 5.32 Å². The second kappa shape index (κ2) is 8.33. The molecule has 2 aromatic rings. The number of hydrogen-bond donors (Lipinski definition) is 1. The molecule has 0 aliphatic carbocycles. The zero-order valence-electron chi connectivity index (χ0n) is 15.9. The van der Waals surface area contributed by atoms with Crippen LogP contribution in [0.15, 0.2) is 54.6 Å². The third-order valence-corrected chi connectivity index (χ3v) is 7.02. The predicted octanol–water partition coefficient (Wildman–Crippen LogP) is 3.88. The summed E-state index contributed by atoms with van der Waals surface area (Å²) >= 11 is 2.33. The van der Waals surface area contributed by atoms with Crippen molar-refractivity contribution in [3.8, 4) is 0 Å². The Morgan fingerprint density at radius 1 is 1.00 bits per heavy atom. The van der Waals surface area contributed by atoms with Crippen LogP contribution in [0.2, 0.25) is 0 Å². The molecule has 0 radical (unpaired) electrons. The molecule has 2 aromatic carbocycles. The van der Waals surface area contributed by atoms with Crippen molar-refractivity contribution in [1.82, 2.24) is 10.2 Å². The zero-order valence-corrected chi connectivity index (χ0v) is 18.0. The molecule has 2 aliphatic rings. The summed E-state index contributed by atoms with van der Waals surface area (Å²) in [5.41, 5.74) is 1.80. The Labute approximate surface area is 179 Å². The fourth-order valence-electron chi connectivity index (χ4n) is 4.79. The van der Waals surface area contributed by atoms with Crippen LogP contribution in [-0.4, -0.2) is 29.8 Å². The number of likely N-dealkylation sites (tertiary alicyclic amines) is 1. The van der Waals surface area contributed by atoms with E-state index in [0.29, 0.717) is 12.8 Å². The van der Waals surface area contributed by atoms with Gasteiger partial charge in [0.2, 0.25) is 11.8 Å². The van der Waals surface area contributed by atoms with Gasteiger partial charge in [0.1, 0.15) is 0 Å². The minimum absolute atomic E-state index is 0.106. The van der Waals surface area contributed by atoms with E-state index in [1.807, 2.05) is 30.3 Å². The van der Waals surface area contributed by atoms with Crippen LogP contribution in [0.25, 0.3) is 0 Å².